The summed E-state index contributed by atoms with van der Waals surface area (Å²) in [6.45, 7) is 0. The lowest BCUT2D eigenvalue weighted by molar-refractivity contribution is 0.912. The van der Waals surface area contributed by atoms with Crippen LogP contribution in [0.25, 0.3) is 0 Å². The van der Waals surface area contributed by atoms with E-state index in [1.165, 1.54) is 17.5 Å². The van der Waals surface area contributed by atoms with Crippen molar-refractivity contribution in [1.29, 1.82) is 0 Å². The van der Waals surface area contributed by atoms with Crippen molar-refractivity contribution in [2.24, 2.45) is 0 Å². The lowest BCUT2D eigenvalue weighted by Crippen LogP contribution is -2.01. The minimum Gasteiger partial charge on any atom is -0.324 e. The maximum Gasteiger partial charge on any atom is 0.232 e. The summed E-state index contributed by atoms with van der Waals surface area (Å²) in [6.07, 6.45) is 3.39. The zero-order valence-electron chi connectivity index (χ0n) is 9.45. The Morgan fingerprint density at radius 1 is 1.00 bits per heavy atom. The van der Waals surface area contributed by atoms with Crippen LogP contribution < -0.4 is 5.32 Å². The Morgan fingerprint density at radius 3 is 2.56 bits per heavy atom. The van der Waals surface area contributed by atoms with Gasteiger partial charge in [0.15, 0.2) is 0 Å². The molecule has 0 saturated carbocycles. The molecule has 1 aromatic carbocycles. The number of fused-ring (bicyclic) bond motifs is 1. The van der Waals surface area contributed by atoms with E-state index < -0.39 is 0 Å². The number of aromatic nitrogens is 3. The molecule has 0 radical (unpaired) electrons. The monoisotopic (exact) mass is 280 g/mol. The number of halogens is 2. The average Bonchev–Trinajstić information content (AvgIpc) is 2.76. The van der Waals surface area contributed by atoms with Gasteiger partial charge in [-0.25, -0.2) is 0 Å². The third-order valence-electron chi connectivity index (χ3n) is 2.97. The van der Waals surface area contributed by atoms with Crippen molar-refractivity contribution < 1.29 is 0 Å². The summed E-state index contributed by atoms with van der Waals surface area (Å²) in [7, 11) is 0. The standard InChI is InChI=1S/C12H10Cl2N4/c13-10-16-11(14)18-12(17-10)15-9-6-2-4-7-3-1-5-8(7)9/h2,4,6H,1,3,5H2,(H,15,16,17,18). The van der Waals surface area contributed by atoms with Gasteiger partial charge >= 0.3 is 0 Å². The van der Waals surface area contributed by atoms with Crippen LogP contribution in [0, 0.1) is 0 Å². The first-order valence-corrected chi connectivity index (χ1v) is 6.43. The number of hydrogen-bond donors (Lipinski definition) is 1. The van der Waals surface area contributed by atoms with E-state index in [2.05, 4.69) is 26.3 Å². The van der Waals surface area contributed by atoms with Crippen LogP contribution in [0.15, 0.2) is 18.2 Å². The lowest BCUT2D eigenvalue weighted by atomic mass is 10.1. The molecule has 1 aliphatic rings. The molecule has 0 saturated heterocycles. The summed E-state index contributed by atoms with van der Waals surface area (Å²) >= 11 is 11.5. The highest BCUT2D eigenvalue weighted by atomic mass is 35.5. The fourth-order valence-electron chi connectivity index (χ4n) is 2.24. The van der Waals surface area contributed by atoms with Gasteiger partial charge in [0.2, 0.25) is 16.5 Å². The van der Waals surface area contributed by atoms with Gasteiger partial charge in [-0.05, 0) is 59.7 Å². The fraction of sp³-hybridized carbons (Fsp3) is 0.250. The van der Waals surface area contributed by atoms with Crippen molar-refractivity contribution in [1.82, 2.24) is 15.0 Å². The largest absolute Gasteiger partial charge is 0.324 e. The second-order valence-corrected chi connectivity index (χ2v) is 4.80. The fourth-order valence-corrected chi connectivity index (χ4v) is 2.60. The SMILES string of the molecule is Clc1nc(Cl)nc(Nc2cccc3c2CCC3)n1. The molecule has 0 spiro atoms. The van der Waals surface area contributed by atoms with Crippen LogP contribution in [0.4, 0.5) is 11.6 Å². The molecule has 0 amide bonds. The summed E-state index contributed by atoms with van der Waals surface area (Å²) in [5.41, 5.74) is 3.72. The van der Waals surface area contributed by atoms with E-state index in [0.29, 0.717) is 5.95 Å². The predicted octanol–water partition coefficient (Wildman–Crippen LogP) is 3.41. The van der Waals surface area contributed by atoms with Crippen molar-refractivity contribution in [2.75, 3.05) is 5.32 Å². The van der Waals surface area contributed by atoms with E-state index in [1.807, 2.05) is 12.1 Å². The maximum absolute atomic E-state index is 5.75. The van der Waals surface area contributed by atoms with Gasteiger partial charge in [0.1, 0.15) is 0 Å². The highest BCUT2D eigenvalue weighted by Gasteiger charge is 2.15. The Hall–Kier alpha value is -1.39. The molecular weight excluding hydrogens is 271 g/mol. The van der Waals surface area contributed by atoms with E-state index in [0.717, 1.165) is 18.5 Å². The average molecular weight is 281 g/mol. The Bertz CT molecular complexity index is 580. The van der Waals surface area contributed by atoms with Gasteiger partial charge in [-0.1, -0.05) is 12.1 Å². The van der Waals surface area contributed by atoms with Crippen molar-refractivity contribution in [3.63, 3.8) is 0 Å². The van der Waals surface area contributed by atoms with Crippen LogP contribution >= 0.6 is 23.2 Å². The zero-order chi connectivity index (χ0) is 12.5. The Kier molecular flexibility index (Phi) is 3.06. The third-order valence-corrected chi connectivity index (χ3v) is 3.31. The van der Waals surface area contributed by atoms with E-state index >= 15 is 0 Å². The van der Waals surface area contributed by atoms with Crippen molar-refractivity contribution in [3.05, 3.63) is 39.9 Å². The molecule has 0 bridgehead atoms. The van der Waals surface area contributed by atoms with Gasteiger partial charge in [0.05, 0.1) is 0 Å². The minimum atomic E-state index is 0.0880. The quantitative estimate of drug-likeness (QED) is 0.916. The Balaban J connectivity index is 1.95. The summed E-state index contributed by atoms with van der Waals surface area (Å²) in [5.74, 6) is 0.375. The summed E-state index contributed by atoms with van der Waals surface area (Å²) in [5, 5.41) is 3.33. The Labute approximate surface area is 114 Å². The minimum absolute atomic E-state index is 0.0880. The summed E-state index contributed by atoms with van der Waals surface area (Å²) in [6, 6.07) is 6.19. The van der Waals surface area contributed by atoms with Crippen LogP contribution in [0.1, 0.15) is 17.5 Å². The first kappa shape index (κ1) is 11.7. The topological polar surface area (TPSA) is 50.7 Å². The molecule has 0 atom stereocenters. The number of anilines is 2. The van der Waals surface area contributed by atoms with Crippen molar-refractivity contribution in [2.45, 2.75) is 19.3 Å². The number of hydrogen-bond acceptors (Lipinski definition) is 4. The van der Waals surface area contributed by atoms with Crippen LogP contribution in [0.5, 0.6) is 0 Å². The van der Waals surface area contributed by atoms with Gasteiger partial charge in [0, 0.05) is 5.69 Å². The maximum atomic E-state index is 5.75. The van der Waals surface area contributed by atoms with Crippen LogP contribution in [-0.2, 0) is 12.8 Å². The molecule has 6 heteroatoms. The summed E-state index contributed by atoms with van der Waals surface area (Å²) < 4.78 is 0. The highest BCUT2D eigenvalue weighted by molar-refractivity contribution is 6.31. The molecule has 3 rings (SSSR count). The lowest BCUT2D eigenvalue weighted by Gasteiger charge is -2.09. The molecule has 1 aromatic heterocycles. The van der Waals surface area contributed by atoms with Gasteiger partial charge in [-0.3, -0.25) is 0 Å². The molecule has 0 fully saturated rings. The molecule has 0 unspecified atom stereocenters. The molecule has 2 aromatic rings. The van der Waals surface area contributed by atoms with E-state index in [9.17, 15) is 0 Å². The molecule has 18 heavy (non-hydrogen) atoms. The molecule has 1 aliphatic carbocycles. The molecule has 1 heterocycles. The van der Waals surface area contributed by atoms with E-state index in [-0.39, 0.29) is 10.6 Å². The molecule has 1 N–H and O–H groups in total. The first-order chi connectivity index (χ1) is 8.72. The number of aryl methyl sites for hydroxylation is 1. The normalized spacial score (nSPS) is 13.4. The van der Waals surface area contributed by atoms with Gasteiger partial charge in [0.25, 0.3) is 0 Å². The second-order valence-electron chi connectivity index (χ2n) is 4.12. The second kappa shape index (κ2) is 4.71. The van der Waals surface area contributed by atoms with Gasteiger partial charge < -0.3 is 5.32 Å². The van der Waals surface area contributed by atoms with Crippen molar-refractivity contribution >= 4 is 34.8 Å². The van der Waals surface area contributed by atoms with E-state index in [4.69, 9.17) is 23.2 Å². The highest BCUT2D eigenvalue weighted by Crippen LogP contribution is 2.30. The molecule has 4 nitrogen and oxygen atoms in total. The zero-order valence-corrected chi connectivity index (χ0v) is 11.0. The van der Waals surface area contributed by atoms with E-state index in [1.54, 1.807) is 0 Å². The summed E-state index contributed by atoms with van der Waals surface area (Å²) in [4.78, 5) is 11.7. The van der Waals surface area contributed by atoms with Crippen LogP contribution in [-0.4, -0.2) is 15.0 Å². The third kappa shape index (κ3) is 2.26. The smallest absolute Gasteiger partial charge is 0.232 e. The predicted molar refractivity (Wildman–Crippen MR) is 71.6 cm³/mol. The van der Waals surface area contributed by atoms with Crippen LogP contribution in [0.3, 0.4) is 0 Å². The number of benzene rings is 1. The van der Waals surface area contributed by atoms with Crippen LogP contribution in [0.2, 0.25) is 10.6 Å². The molecular formula is C12H10Cl2N4. The Morgan fingerprint density at radius 2 is 1.78 bits per heavy atom. The first-order valence-electron chi connectivity index (χ1n) is 5.67. The number of nitrogens with one attached hydrogen (secondary N) is 1. The molecule has 92 valence electrons. The number of rotatable bonds is 2. The van der Waals surface area contributed by atoms with Gasteiger partial charge in [-0.15, -0.1) is 0 Å². The van der Waals surface area contributed by atoms with Gasteiger partial charge in [-0.2, -0.15) is 15.0 Å². The van der Waals surface area contributed by atoms with Crippen molar-refractivity contribution in [3.8, 4) is 0 Å². The molecule has 0 aliphatic heterocycles. The number of nitrogens with zero attached hydrogens (tertiary/aromatic N) is 3.